The summed E-state index contributed by atoms with van der Waals surface area (Å²) in [6, 6.07) is 17.1. The average Bonchev–Trinajstić information content (AvgIpc) is 3.37. The van der Waals surface area contributed by atoms with Gasteiger partial charge < -0.3 is 10.1 Å². The Morgan fingerprint density at radius 3 is 2.47 bits per heavy atom. The normalized spacial score (nSPS) is 10.8. The van der Waals surface area contributed by atoms with Crippen molar-refractivity contribution in [3.8, 4) is 22.7 Å². The average molecular weight is 401 g/mol. The molecule has 30 heavy (non-hydrogen) atoms. The van der Waals surface area contributed by atoms with Gasteiger partial charge in [0, 0.05) is 28.9 Å². The maximum atomic E-state index is 12.6. The van der Waals surface area contributed by atoms with E-state index in [1.54, 1.807) is 25.4 Å². The van der Waals surface area contributed by atoms with E-state index in [1.807, 2.05) is 61.0 Å². The van der Waals surface area contributed by atoms with E-state index in [4.69, 9.17) is 4.74 Å². The molecule has 7 nitrogen and oxygen atoms in total. The van der Waals surface area contributed by atoms with E-state index in [0.29, 0.717) is 12.1 Å². The Balaban J connectivity index is 1.44. The third-order valence-corrected chi connectivity index (χ3v) is 4.92. The van der Waals surface area contributed by atoms with Crippen LogP contribution in [0.2, 0.25) is 0 Å². The van der Waals surface area contributed by atoms with Crippen LogP contribution in [-0.2, 0) is 6.54 Å². The van der Waals surface area contributed by atoms with Crippen molar-refractivity contribution in [2.45, 2.75) is 20.4 Å². The first-order chi connectivity index (χ1) is 14.5. The number of carbonyl (C=O) groups is 1. The van der Waals surface area contributed by atoms with E-state index in [2.05, 4.69) is 20.6 Å². The lowest BCUT2D eigenvalue weighted by Crippen LogP contribution is -2.22. The number of hydrogen-bond donors (Lipinski definition) is 2. The van der Waals surface area contributed by atoms with E-state index in [-0.39, 0.29) is 5.91 Å². The van der Waals surface area contributed by atoms with Crippen molar-refractivity contribution in [2.24, 2.45) is 0 Å². The quantitative estimate of drug-likeness (QED) is 0.514. The molecule has 0 saturated heterocycles. The van der Waals surface area contributed by atoms with Gasteiger partial charge in [0.15, 0.2) is 0 Å². The summed E-state index contributed by atoms with van der Waals surface area (Å²) in [6.45, 7) is 4.34. The molecule has 2 aromatic carbocycles. The highest BCUT2D eigenvalue weighted by Crippen LogP contribution is 2.23. The van der Waals surface area contributed by atoms with Gasteiger partial charge in [0.05, 0.1) is 30.4 Å². The fourth-order valence-electron chi connectivity index (χ4n) is 3.37. The van der Waals surface area contributed by atoms with Gasteiger partial charge in [0.25, 0.3) is 5.91 Å². The molecule has 4 aromatic rings. The number of amides is 1. The first-order valence-corrected chi connectivity index (χ1v) is 9.63. The molecule has 2 N–H and O–H groups in total. The lowest BCUT2D eigenvalue weighted by atomic mass is 10.1. The van der Waals surface area contributed by atoms with Gasteiger partial charge in [0.2, 0.25) is 0 Å². The molecule has 0 saturated carbocycles. The van der Waals surface area contributed by atoms with Crippen LogP contribution in [0, 0.1) is 13.8 Å². The number of benzene rings is 2. The van der Waals surface area contributed by atoms with E-state index in [9.17, 15) is 4.79 Å². The molecule has 1 amide bonds. The van der Waals surface area contributed by atoms with Crippen LogP contribution in [0.1, 0.15) is 27.3 Å². The molecule has 0 aliphatic rings. The minimum atomic E-state index is -0.142. The highest BCUT2D eigenvalue weighted by atomic mass is 16.5. The van der Waals surface area contributed by atoms with Crippen molar-refractivity contribution in [2.75, 3.05) is 7.11 Å². The Kier molecular flexibility index (Phi) is 5.34. The molecule has 0 atom stereocenters. The Hall–Kier alpha value is -3.87. The van der Waals surface area contributed by atoms with Crippen LogP contribution >= 0.6 is 0 Å². The van der Waals surface area contributed by atoms with Crippen molar-refractivity contribution < 1.29 is 9.53 Å². The summed E-state index contributed by atoms with van der Waals surface area (Å²) in [7, 11) is 1.63. The Morgan fingerprint density at radius 2 is 1.83 bits per heavy atom. The van der Waals surface area contributed by atoms with Gasteiger partial charge in [-0.3, -0.25) is 9.89 Å². The molecule has 0 fully saturated rings. The third kappa shape index (κ3) is 3.96. The molecule has 152 valence electrons. The van der Waals surface area contributed by atoms with Crippen molar-refractivity contribution in [3.63, 3.8) is 0 Å². The number of aromatic nitrogens is 4. The van der Waals surface area contributed by atoms with Gasteiger partial charge in [0.1, 0.15) is 5.75 Å². The predicted octanol–water partition coefficient (Wildman–Crippen LogP) is 3.82. The maximum absolute atomic E-state index is 12.6. The first kappa shape index (κ1) is 19.4. The summed E-state index contributed by atoms with van der Waals surface area (Å²) in [5.41, 5.74) is 6.29. The topological polar surface area (TPSA) is 84.8 Å². The molecule has 0 aliphatic carbocycles. The Bertz CT molecular complexity index is 1160. The number of hydrogen-bond acceptors (Lipinski definition) is 4. The number of aromatic amines is 1. The van der Waals surface area contributed by atoms with Crippen LogP contribution in [0.4, 0.5) is 0 Å². The van der Waals surface area contributed by atoms with Crippen LogP contribution in [-0.4, -0.2) is 33.0 Å². The fraction of sp³-hybridized carbons (Fsp3) is 0.174. The van der Waals surface area contributed by atoms with Crippen LogP contribution in [0.15, 0.2) is 60.8 Å². The molecule has 0 bridgehead atoms. The maximum Gasteiger partial charge on any atom is 0.251 e. The summed E-state index contributed by atoms with van der Waals surface area (Å²) in [5, 5.41) is 14.6. The number of aryl methyl sites for hydroxylation is 2. The van der Waals surface area contributed by atoms with Gasteiger partial charge in [-0.15, -0.1) is 0 Å². The number of nitrogens with one attached hydrogen (secondary N) is 2. The molecule has 0 aliphatic heterocycles. The smallest absolute Gasteiger partial charge is 0.251 e. The second-order valence-electron chi connectivity index (χ2n) is 7.07. The van der Waals surface area contributed by atoms with Gasteiger partial charge in [-0.25, -0.2) is 4.68 Å². The van der Waals surface area contributed by atoms with Gasteiger partial charge in [-0.2, -0.15) is 10.2 Å². The van der Waals surface area contributed by atoms with E-state index in [1.165, 1.54) is 0 Å². The molecule has 0 radical (unpaired) electrons. The fourth-order valence-corrected chi connectivity index (χ4v) is 3.37. The first-order valence-electron chi connectivity index (χ1n) is 9.63. The summed E-state index contributed by atoms with van der Waals surface area (Å²) in [6.07, 6.45) is 1.73. The van der Waals surface area contributed by atoms with Gasteiger partial charge in [-0.1, -0.05) is 0 Å². The van der Waals surface area contributed by atoms with E-state index >= 15 is 0 Å². The molecular weight excluding hydrogens is 378 g/mol. The van der Waals surface area contributed by atoms with E-state index in [0.717, 1.165) is 39.6 Å². The SMILES string of the molecule is COc1ccc(-c2[nH]ncc2CNC(=O)c2ccc(-n3nc(C)cc3C)cc2)cc1. The Labute approximate surface area is 174 Å². The second kappa shape index (κ2) is 8.24. The zero-order valence-corrected chi connectivity index (χ0v) is 17.1. The van der Waals surface area contributed by atoms with Crippen molar-refractivity contribution in [1.29, 1.82) is 0 Å². The molecule has 7 heteroatoms. The monoisotopic (exact) mass is 401 g/mol. The minimum Gasteiger partial charge on any atom is -0.497 e. The summed E-state index contributed by atoms with van der Waals surface area (Å²) in [5.74, 6) is 0.647. The van der Waals surface area contributed by atoms with Crippen molar-refractivity contribution in [3.05, 3.63) is 83.3 Å². The van der Waals surface area contributed by atoms with Crippen LogP contribution in [0.3, 0.4) is 0 Å². The molecule has 2 heterocycles. The van der Waals surface area contributed by atoms with Crippen molar-refractivity contribution in [1.82, 2.24) is 25.3 Å². The number of H-pyrrole nitrogens is 1. The minimum absolute atomic E-state index is 0.142. The third-order valence-electron chi connectivity index (χ3n) is 4.92. The summed E-state index contributed by atoms with van der Waals surface area (Å²) < 4.78 is 7.07. The zero-order chi connectivity index (χ0) is 21.1. The Morgan fingerprint density at radius 1 is 1.10 bits per heavy atom. The van der Waals surface area contributed by atoms with E-state index < -0.39 is 0 Å². The number of methoxy groups -OCH3 is 1. The van der Waals surface area contributed by atoms with Crippen LogP contribution < -0.4 is 10.1 Å². The molecule has 0 unspecified atom stereocenters. The number of ether oxygens (including phenoxy) is 1. The predicted molar refractivity (Wildman–Crippen MR) is 115 cm³/mol. The van der Waals surface area contributed by atoms with Gasteiger partial charge >= 0.3 is 0 Å². The lowest BCUT2D eigenvalue weighted by Gasteiger charge is -2.08. The number of rotatable bonds is 6. The van der Waals surface area contributed by atoms with Crippen LogP contribution in [0.25, 0.3) is 16.9 Å². The number of nitrogens with zero attached hydrogens (tertiary/aromatic N) is 3. The summed E-state index contributed by atoms with van der Waals surface area (Å²) >= 11 is 0. The molecule has 4 rings (SSSR count). The lowest BCUT2D eigenvalue weighted by molar-refractivity contribution is 0.0951. The molecular formula is C23H23N5O2. The van der Waals surface area contributed by atoms with Crippen molar-refractivity contribution >= 4 is 5.91 Å². The standard InChI is InChI=1S/C23H23N5O2/c1-15-12-16(2)28(27-15)20-8-4-18(5-9-20)23(29)24-13-19-14-25-26-22(19)17-6-10-21(30-3)11-7-17/h4-12,14H,13H2,1-3H3,(H,24,29)(H,25,26). The summed E-state index contributed by atoms with van der Waals surface area (Å²) in [4.78, 5) is 12.6. The van der Waals surface area contributed by atoms with Gasteiger partial charge in [-0.05, 0) is 68.4 Å². The largest absolute Gasteiger partial charge is 0.497 e. The highest BCUT2D eigenvalue weighted by Gasteiger charge is 2.11. The van der Waals surface area contributed by atoms with Crippen LogP contribution in [0.5, 0.6) is 5.75 Å². The second-order valence-corrected chi connectivity index (χ2v) is 7.07. The number of carbonyl (C=O) groups excluding carboxylic acids is 1. The zero-order valence-electron chi connectivity index (χ0n) is 17.1. The molecule has 2 aromatic heterocycles. The highest BCUT2D eigenvalue weighted by molar-refractivity contribution is 5.94. The molecule has 0 spiro atoms.